The number of ether oxygens (including phenoxy) is 2. The Hall–Kier alpha value is -2.10. The molecule has 0 saturated heterocycles. The molecule has 21 heavy (non-hydrogen) atoms. The summed E-state index contributed by atoms with van der Waals surface area (Å²) in [7, 11) is 1.36. The van der Waals surface area contributed by atoms with Crippen LogP contribution in [0.15, 0.2) is 24.3 Å². The summed E-state index contributed by atoms with van der Waals surface area (Å²) in [5.74, 6) is 0.227. The van der Waals surface area contributed by atoms with Crippen LogP contribution in [0.4, 0.5) is 0 Å². The van der Waals surface area contributed by atoms with E-state index in [9.17, 15) is 4.79 Å². The zero-order chi connectivity index (χ0) is 15.4. The first kappa shape index (κ1) is 15.3. The van der Waals surface area contributed by atoms with Crippen molar-refractivity contribution >= 4 is 16.9 Å². The Morgan fingerprint density at radius 1 is 1.33 bits per heavy atom. The molecule has 0 aliphatic heterocycles. The molecule has 0 atom stereocenters. The maximum Gasteiger partial charge on any atom is 0.356 e. The van der Waals surface area contributed by atoms with Crippen LogP contribution in [-0.4, -0.2) is 24.2 Å². The number of fused-ring (bicyclic) bond motifs is 1. The van der Waals surface area contributed by atoms with Gasteiger partial charge in [-0.25, -0.2) is 9.78 Å². The molecule has 4 heteroatoms. The summed E-state index contributed by atoms with van der Waals surface area (Å²) in [5.41, 5.74) is 2.22. The molecule has 0 aliphatic rings. The fourth-order valence-corrected chi connectivity index (χ4v) is 2.31. The van der Waals surface area contributed by atoms with Crippen molar-refractivity contribution in [1.29, 1.82) is 0 Å². The Morgan fingerprint density at radius 3 is 2.71 bits per heavy atom. The monoisotopic (exact) mass is 287 g/mol. The van der Waals surface area contributed by atoms with Crippen molar-refractivity contribution < 1.29 is 14.3 Å². The fraction of sp³-hybridized carbons (Fsp3) is 0.412. The average Bonchev–Trinajstić information content (AvgIpc) is 2.46. The molecule has 1 aromatic carbocycles. The number of hydrogen-bond donors (Lipinski definition) is 0. The molecule has 0 N–H and O–H groups in total. The van der Waals surface area contributed by atoms with Gasteiger partial charge in [-0.1, -0.05) is 25.5 Å². The standard InChI is InChI=1S/C17H21NO3/c1-5-7-12-8-6-9-13-15(21-11(2)3)10-14(17(19)20-4)18-16(12)13/h6,8-11H,5,7H2,1-4H3. The van der Waals surface area contributed by atoms with Crippen molar-refractivity contribution in [2.24, 2.45) is 0 Å². The third kappa shape index (κ3) is 3.32. The number of nitrogens with zero attached hydrogens (tertiary/aromatic N) is 1. The van der Waals surface area contributed by atoms with E-state index in [0.29, 0.717) is 5.75 Å². The molecular weight excluding hydrogens is 266 g/mol. The second kappa shape index (κ2) is 6.57. The van der Waals surface area contributed by atoms with Gasteiger partial charge in [0.25, 0.3) is 0 Å². The number of carbonyl (C=O) groups excluding carboxylic acids is 1. The fourth-order valence-electron chi connectivity index (χ4n) is 2.31. The van der Waals surface area contributed by atoms with Crippen molar-refractivity contribution in [1.82, 2.24) is 4.98 Å². The molecule has 0 aliphatic carbocycles. The number of hydrogen-bond acceptors (Lipinski definition) is 4. The molecule has 1 aromatic heterocycles. The zero-order valence-electron chi connectivity index (χ0n) is 13.0. The maximum absolute atomic E-state index is 11.8. The molecular formula is C17H21NO3. The lowest BCUT2D eigenvalue weighted by Crippen LogP contribution is -2.10. The van der Waals surface area contributed by atoms with E-state index in [1.165, 1.54) is 7.11 Å². The molecule has 0 unspecified atom stereocenters. The van der Waals surface area contributed by atoms with E-state index in [1.807, 2.05) is 32.0 Å². The van der Waals surface area contributed by atoms with Crippen molar-refractivity contribution in [3.63, 3.8) is 0 Å². The number of methoxy groups -OCH3 is 1. The quantitative estimate of drug-likeness (QED) is 0.786. The zero-order valence-corrected chi connectivity index (χ0v) is 13.0. The van der Waals surface area contributed by atoms with Crippen molar-refractivity contribution in [2.45, 2.75) is 39.7 Å². The molecule has 1 heterocycles. The van der Waals surface area contributed by atoms with Gasteiger partial charge in [-0.2, -0.15) is 0 Å². The third-order valence-electron chi connectivity index (χ3n) is 3.16. The summed E-state index contributed by atoms with van der Waals surface area (Å²) in [4.78, 5) is 16.3. The Bertz CT molecular complexity index is 650. The predicted molar refractivity (Wildman–Crippen MR) is 82.8 cm³/mol. The summed E-state index contributed by atoms with van der Waals surface area (Å²) in [6, 6.07) is 7.67. The Balaban J connectivity index is 2.68. The first-order valence-corrected chi connectivity index (χ1v) is 7.24. The molecule has 112 valence electrons. The van der Waals surface area contributed by atoms with Crippen LogP contribution in [0, 0.1) is 0 Å². The van der Waals surface area contributed by atoms with Crippen LogP contribution in [-0.2, 0) is 11.2 Å². The van der Waals surface area contributed by atoms with Crippen LogP contribution in [0.1, 0.15) is 43.2 Å². The molecule has 2 rings (SSSR count). The summed E-state index contributed by atoms with van der Waals surface area (Å²) in [6.45, 7) is 6.04. The normalized spacial score (nSPS) is 10.9. The number of rotatable bonds is 5. The highest BCUT2D eigenvalue weighted by Gasteiger charge is 2.15. The summed E-state index contributed by atoms with van der Waals surface area (Å²) in [6.07, 6.45) is 1.95. The summed E-state index contributed by atoms with van der Waals surface area (Å²) >= 11 is 0. The molecule has 0 spiro atoms. The van der Waals surface area contributed by atoms with Gasteiger partial charge in [-0.05, 0) is 31.9 Å². The molecule has 0 radical (unpaired) electrons. The smallest absolute Gasteiger partial charge is 0.356 e. The first-order valence-electron chi connectivity index (χ1n) is 7.24. The number of aromatic nitrogens is 1. The van der Waals surface area contributed by atoms with Crippen LogP contribution in [0.5, 0.6) is 5.75 Å². The van der Waals surface area contributed by atoms with Gasteiger partial charge in [0.15, 0.2) is 5.69 Å². The molecule has 0 bridgehead atoms. The van der Waals surface area contributed by atoms with Crippen LogP contribution >= 0.6 is 0 Å². The highest BCUT2D eigenvalue weighted by molar-refractivity contribution is 5.95. The van der Waals surface area contributed by atoms with Gasteiger partial charge in [0, 0.05) is 11.5 Å². The first-order chi connectivity index (χ1) is 10.1. The molecule has 2 aromatic rings. The van der Waals surface area contributed by atoms with Crippen molar-refractivity contribution in [3.05, 3.63) is 35.5 Å². The highest BCUT2D eigenvalue weighted by Crippen LogP contribution is 2.29. The SMILES string of the molecule is CCCc1cccc2c(OC(C)C)cc(C(=O)OC)nc12. The number of pyridine rings is 1. The van der Waals surface area contributed by atoms with Crippen LogP contribution in [0.2, 0.25) is 0 Å². The van der Waals surface area contributed by atoms with Crippen molar-refractivity contribution in [3.8, 4) is 5.75 Å². The second-order valence-electron chi connectivity index (χ2n) is 5.23. The lowest BCUT2D eigenvalue weighted by atomic mass is 10.0. The Labute approximate surface area is 125 Å². The minimum absolute atomic E-state index is 0.0240. The molecule has 0 fully saturated rings. The number of carbonyl (C=O) groups is 1. The largest absolute Gasteiger partial charge is 0.490 e. The lowest BCUT2D eigenvalue weighted by Gasteiger charge is -2.15. The van der Waals surface area contributed by atoms with E-state index >= 15 is 0 Å². The van der Waals surface area contributed by atoms with E-state index in [1.54, 1.807) is 6.07 Å². The Morgan fingerprint density at radius 2 is 2.10 bits per heavy atom. The topological polar surface area (TPSA) is 48.4 Å². The Kier molecular flexibility index (Phi) is 4.78. The van der Waals surface area contributed by atoms with Gasteiger partial charge in [0.1, 0.15) is 5.75 Å². The summed E-state index contributed by atoms with van der Waals surface area (Å²) in [5, 5.41) is 0.933. The average molecular weight is 287 g/mol. The molecule has 4 nitrogen and oxygen atoms in total. The van der Waals surface area contributed by atoms with E-state index in [0.717, 1.165) is 29.3 Å². The van der Waals surface area contributed by atoms with E-state index in [4.69, 9.17) is 9.47 Å². The predicted octanol–water partition coefficient (Wildman–Crippen LogP) is 3.76. The van der Waals surface area contributed by atoms with Gasteiger partial charge in [-0.15, -0.1) is 0 Å². The number of benzene rings is 1. The van der Waals surface area contributed by atoms with Gasteiger partial charge in [-0.3, -0.25) is 0 Å². The van der Waals surface area contributed by atoms with E-state index in [-0.39, 0.29) is 11.8 Å². The van der Waals surface area contributed by atoms with Crippen LogP contribution in [0.25, 0.3) is 10.9 Å². The van der Waals surface area contributed by atoms with E-state index in [2.05, 4.69) is 11.9 Å². The third-order valence-corrected chi connectivity index (χ3v) is 3.16. The van der Waals surface area contributed by atoms with Gasteiger partial charge in [0.05, 0.1) is 18.7 Å². The van der Waals surface area contributed by atoms with Crippen LogP contribution < -0.4 is 4.74 Å². The second-order valence-corrected chi connectivity index (χ2v) is 5.23. The number of esters is 1. The van der Waals surface area contributed by atoms with Gasteiger partial charge >= 0.3 is 5.97 Å². The highest BCUT2D eigenvalue weighted by atomic mass is 16.5. The number of aryl methyl sites for hydroxylation is 1. The molecule has 0 saturated carbocycles. The lowest BCUT2D eigenvalue weighted by molar-refractivity contribution is 0.0593. The number of para-hydroxylation sites is 1. The van der Waals surface area contributed by atoms with Gasteiger partial charge in [0.2, 0.25) is 0 Å². The molecule has 0 amide bonds. The van der Waals surface area contributed by atoms with E-state index < -0.39 is 5.97 Å². The van der Waals surface area contributed by atoms with Crippen LogP contribution in [0.3, 0.4) is 0 Å². The maximum atomic E-state index is 11.8. The minimum Gasteiger partial charge on any atom is -0.490 e. The van der Waals surface area contributed by atoms with Gasteiger partial charge < -0.3 is 9.47 Å². The van der Waals surface area contributed by atoms with Crippen molar-refractivity contribution in [2.75, 3.05) is 7.11 Å². The minimum atomic E-state index is -0.447. The summed E-state index contributed by atoms with van der Waals surface area (Å²) < 4.78 is 10.6.